The molecule has 0 saturated carbocycles. The van der Waals surface area contributed by atoms with Crippen molar-refractivity contribution in [3.8, 4) is 28.5 Å². The van der Waals surface area contributed by atoms with E-state index in [1.165, 1.54) is 7.11 Å². The van der Waals surface area contributed by atoms with E-state index in [0.29, 0.717) is 39.5 Å². The molecule has 2 N–H and O–H groups in total. The number of nitrogens with two attached hydrogens (primary N) is 1. The van der Waals surface area contributed by atoms with Crippen LogP contribution >= 0.6 is 0 Å². The minimum atomic E-state index is -0.595. The number of carbonyl (C=O) groups excluding carboxylic acids is 1. The molecule has 0 atom stereocenters. The summed E-state index contributed by atoms with van der Waals surface area (Å²) < 4.78 is 11.7. The summed E-state index contributed by atoms with van der Waals surface area (Å²) in [5.74, 6) is 0.836. The normalized spacial score (nSPS) is 10.9. The number of fused-ring (bicyclic) bond motifs is 2. The van der Waals surface area contributed by atoms with Crippen molar-refractivity contribution >= 4 is 27.8 Å². The number of rotatable bonds is 5. The molecule has 3 aromatic heterocycles. The topological polar surface area (TPSA) is 100 Å². The number of amides is 1. The van der Waals surface area contributed by atoms with E-state index >= 15 is 0 Å². The van der Waals surface area contributed by atoms with Gasteiger partial charge in [0.15, 0.2) is 11.4 Å². The van der Waals surface area contributed by atoms with Crippen LogP contribution in [-0.4, -0.2) is 28.0 Å². The van der Waals surface area contributed by atoms with Gasteiger partial charge in [0.2, 0.25) is 0 Å². The molecule has 5 aromatic rings. The minimum absolute atomic E-state index is 0.252. The van der Waals surface area contributed by atoms with Crippen LogP contribution in [0.25, 0.3) is 33.2 Å². The predicted molar refractivity (Wildman–Crippen MR) is 122 cm³/mol. The molecule has 2 aromatic carbocycles. The van der Waals surface area contributed by atoms with Gasteiger partial charge in [-0.15, -0.1) is 0 Å². The van der Waals surface area contributed by atoms with Gasteiger partial charge in [-0.2, -0.15) is 0 Å². The molecule has 0 unspecified atom stereocenters. The fraction of sp³-hybridized carbons (Fsp3) is 0.0400. The summed E-state index contributed by atoms with van der Waals surface area (Å²) in [5.41, 5.74) is 8.59. The molecule has 0 aliphatic rings. The Kier molecular flexibility index (Phi) is 4.84. The van der Waals surface area contributed by atoms with E-state index in [4.69, 9.17) is 20.2 Å². The van der Waals surface area contributed by atoms with E-state index < -0.39 is 5.91 Å². The molecule has 0 saturated heterocycles. The molecule has 156 valence electrons. The first-order chi connectivity index (χ1) is 15.6. The molecule has 0 bridgehead atoms. The van der Waals surface area contributed by atoms with E-state index in [2.05, 4.69) is 9.97 Å². The van der Waals surface area contributed by atoms with Crippen molar-refractivity contribution in [3.63, 3.8) is 0 Å². The number of carbonyl (C=O) groups is 1. The van der Waals surface area contributed by atoms with Crippen LogP contribution in [0, 0.1) is 0 Å². The third kappa shape index (κ3) is 3.45. The molecule has 3 heterocycles. The lowest BCUT2D eigenvalue weighted by Gasteiger charge is -2.14. The Morgan fingerprint density at radius 1 is 0.875 bits per heavy atom. The van der Waals surface area contributed by atoms with Crippen molar-refractivity contribution in [3.05, 3.63) is 84.7 Å². The third-order valence-electron chi connectivity index (χ3n) is 5.11. The Bertz CT molecular complexity index is 1470. The smallest absolute Gasteiger partial charge is 0.252 e. The van der Waals surface area contributed by atoms with Crippen LogP contribution in [0.1, 0.15) is 10.4 Å². The van der Waals surface area contributed by atoms with Gasteiger partial charge in [-0.1, -0.05) is 30.3 Å². The van der Waals surface area contributed by atoms with E-state index in [1.807, 2.05) is 48.5 Å². The van der Waals surface area contributed by atoms with Crippen LogP contribution in [0.3, 0.4) is 0 Å². The van der Waals surface area contributed by atoms with Crippen LogP contribution in [0.4, 0.5) is 0 Å². The highest BCUT2D eigenvalue weighted by atomic mass is 16.5. The maximum Gasteiger partial charge on any atom is 0.252 e. The monoisotopic (exact) mass is 422 g/mol. The molecule has 0 aliphatic carbocycles. The van der Waals surface area contributed by atoms with Crippen LogP contribution in [0.15, 0.2) is 79.1 Å². The molecular formula is C25H18N4O3. The maximum absolute atomic E-state index is 11.9. The van der Waals surface area contributed by atoms with Crippen molar-refractivity contribution in [1.29, 1.82) is 0 Å². The van der Waals surface area contributed by atoms with Gasteiger partial charge in [-0.25, -0.2) is 9.97 Å². The minimum Gasteiger partial charge on any atom is -0.496 e. The predicted octanol–water partition coefficient (Wildman–Crippen LogP) is 4.74. The lowest BCUT2D eigenvalue weighted by molar-refractivity contribution is 0.0997. The van der Waals surface area contributed by atoms with Gasteiger partial charge in [-0.05, 0) is 30.3 Å². The molecule has 32 heavy (non-hydrogen) atoms. The Morgan fingerprint density at radius 2 is 1.72 bits per heavy atom. The van der Waals surface area contributed by atoms with Crippen molar-refractivity contribution in [2.45, 2.75) is 0 Å². The van der Waals surface area contributed by atoms with Crippen LogP contribution < -0.4 is 15.2 Å². The quantitative estimate of drug-likeness (QED) is 0.439. The Hall–Kier alpha value is -4.52. The number of primary amides is 1. The fourth-order valence-corrected chi connectivity index (χ4v) is 3.58. The molecular weight excluding hydrogens is 404 g/mol. The Balaban J connectivity index is 1.71. The summed E-state index contributed by atoms with van der Waals surface area (Å²) in [6.07, 6.45) is 3.35. The fourth-order valence-electron chi connectivity index (χ4n) is 3.58. The molecule has 1 amide bonds. The standard InChI is InChI=1S/C25H18N4O3/c1-31-21-14-19-17(13-18(21)24(26)30)20(9-11-27-19)32-22-12-16-8-5-10-28-25(16)29-23(22)15-6-3-2-4-7-15/h2-14H,1H3,(H2,26,30). The van der Waals surface area contributed by atoms with Gasteiger partial charge >= 0.3 is 0 Å². The van der Waals surface area contributed by atoms with E-state index in [0.717, 1.165) is 10.9 Å². The third-order valence-corrected chi connectivity index (χ3v) is 5.11. The summed E-state index contributed by atoms with van der Waals surface area (Å²) >= 11 is 0. The number of benzene rings is 2. The number of hydrogen-bond donors (Lipinski definition) is 1. The first kappa shape index (κ1) is 19.4. The van der Waals surface area contributed by atoms with E-state index in [-0.39, 0.29) is 5.56 Å². The highest BCUT2D eigenvalue weighted by molar-refractivity contribution is 6.01. The highest BCUT2D eigenvalue weighted by Gasteiger charge is 2.17. The number of aromatic nitrogens is 3. The number of methoxy groups -OCH3 is 1. The van der Waals surface area contributed by atoms with Crippen molar-refractivity contribution in [2.75, 3.05) is 7.11 Å². The lowest BCUT2D eigenvalue weighted by Crippen LogP contribution is -2.12. The van der Waals surface area contributed by atoms with Crippen LogP contribution in [0.5, 0.6) is 17.2 Å². The molecule has 7 nitrogen and oxygen atoms in total. The molecule has 0 fully saturated rings. The Morgan fingerprint density at radius 3 is 2.50 bits per heavy atom. The maximum atomic E-state index is 11.9. The van der Waals surface area contributed by atoms with Crippen LogP contribution in [0.2, 0.25) is 0 Å². The second-order valence-corrected chi connectivity index (χ2v) is 7.10. The molecule has 5 rings (SSSR count). The van der Waals surface area contributed by atoms with E-state index in [9.17, 15) is 4.79 Å². The Labute approximate surface area is 183 Å². The van der Waals surface area contributed by atoms with Gasteiger partial charge in [0.1, 0.15) is 17.2 Å². The largest absolute Gasteiger partial charge is 0.496 e. The summed E-state index contributed by atoms with van der Waals surface area (Å²) in [6, 6.07) is 20.5. The van der Waals surface area contributed by atoms with Crippen LogP contribution in [-0.2, 0) is 0 Å². The molecule has 7 heteroatoms. The lowest BCUT2D eigenvalue weighted by atomic mass is 10.1. The molecule has 0 radical (unpaired) electrons. The van der Waals surface area contributed by atoms with Gasteiger partial charge < -0.3 is 15.2 Å². The van der Waals surface area contributed by atoms with Gasteiger partial charge in [0.25, 0.3) is 5.91 Å². The summed E-state index contributed by atoms with van der Waals surface area (Å²) in [5, 5.41) is 1.48. The number of pyridine rings is 3. The number of nitrogens with zero attached hydrogens (tertiary/aromatic N) is 3. The average Bonchev–Trinajstić information content (AvgIpc) is 2.83. The van der Waals surface area contributed by atoms with Gasteiger partial charge in [0, 0.05) is 34.8 Å². The van der Waals surface area contributed by atoms with E-state index in [1.54, 1.807) is 30.6 Å². The molecule has 0 aliphatic heterocycles. The summed E-state index contributed by atoms with van der Waals surface area (Å²) in [6.45, 7) is 0. The zero-order valence-corrected chi connectivity index (χ0v) is 17.1. The number of hydrogen-bond acceptors (Lipinski definition) is 6. The van der Waals surface area contributed by atoms with Crippen molar-refractivity contribution in [2.24, 2.45) is 5.73 Å². The summed E-state index contributed by atoms with van der Waals surface area (Å²) in [4.78, 5) is 25.5. The zero-order chi connectivity index (χ0) is 22.1. The van der Waals surface area contributed by atoms with Crippen molar-refractivity contribution < 1.29 is 14.3 Å². The summed E-state index contributed by atoms with van der Waals surface area (Å²) in [7, 11) is 1.48. The highest BCUT2D eigenvalue weighted by Crippen LogP contribution is 2.37. The first-order valence-electron chi connectivity index (χ1n) is 9.89. The average molecular weight is 422 g/mol. The van der Waals surface area contributed by atoms with Crippen molar-refractivity contribution in [1.82, 2.24) is 15.0 Å². The SMILES string of the molecule is COc1cc2nccc(Oc3cc4cccnc4nc3-c3ccccc3)c2cc1C(N)=O. The second-order valence-electron chi connectivity index (χ2n) is 7.10. The molecule has 0 spiro atoms. The van der Waals surface area contributed by atoms with Gasteiger partial charge in [0.05, 0.1) is 18.2 Å². The number of ether oxygens (including phenoxy) is 2. The zero-order valence-electron chi connectivity index (χ0n) is 17.1. The second kappa shape index (κ2) is 7.96. The van der Waals surface area contributed by atoms with Gasteiger partial charge in [-0.3, -0.25) is 9.78 Å². The first-order valence-corrected chi connectivity index (χ1v) is 9.89.